The normalized spacial score (nSPS) is 19.8. The van der Waals surface area contributed by atoms with Crippen LogP contribution in [0, 0.1) is 18.7 Å². The maximum Gasteiger partial charge on any atom is 0.126 e. The first-order valence-corrected chi connectivity index (χ1v) is 6.31. The molecule has 1 aliphatic rings. The van der Waals surface area contributed by atoms with E-state index in [0.29, 0.717) is 0 Å². The topological polar surface area (TPSA) is 15.3 Å². The number of halogens is 2. The summed E-state index contributed by atoms with van der Waals surface area (Å²) in [6.45, 7) is 6.01. The number of nitrogens with zero attached hydrogens (tertiary/aromatic N) is 1. The quantitative estimate of drug-likeness (QED) is 0.906. The van der Waals surface area contributed by atoms with E-state index in [1.165, 1.54) is 6.42 Å². The fourth-order valence-electron chi connectivity index (χ4n) is 2.50. The van der Waals surface area contributed by atoms with Crippen LogP contribution in [0.5, 0.6) is 0 Å². The molecule has 1 unspecified atom stereocenters. The maximum absolute atomic E-state index is 13.4. The highest BCUT2D eigenvalue weighted by molar-refractivity contribution is 5.85. The van der Waals surface area contributed by atoms with E-state index in [1.807, 2.05) is 19.2 Å². The van der Waals surface area contributed by atoms with Gasteiger partial charge in [-0.2, -0.15) is 0 Å². The molecule has 18 heavy (non-hydrogen) atoms. The molecule has 2 rings (SSSR count). The Labute approximate surface area is 115 Å². The lowest BCUT2D eigenvalue weighted by molar-refractivity contribution is 0.315. The Bertz CT molecular complexity index is 384. The van der Waals surface area contributed by atoms with Crippen LogP contribution in [-0.4, -0.2) is 31.6 Å². The molecule has 1 atom stereocenters. The molecular formula is C14H22ClFN2. The molecule has 1 aliphatic heterocycles. The summed E-state index contributed by atoms with van der Waals surface area (Å²) in [5.41, 5.74) is 1.81. The lowest BCUT2D eigenvalue weighted by Crippen LogP contribution is -2.24. The van der Waals surface area contributed by atoms with Gasteiger partial charge in [0.15, 0.2) is 0 Å². The SMILES string of the molecule is CNCC1CCN(Cc2ccc(C)c(F)c2)C1.Cl. The van der Waals surface area contributed by atoms with Gasteiger partial charge in [0.05, 0.1) is 0 Å². The molecule has 1 aromatic carbocycles. The summed E-state index contributed by atoms with van der Waals surface area (Å²) >= 11 is 0. The number of benzene rings is 1. The van der Waals surface area contributed by atoms with Crippen LogP contribution in [0.25, 0.3) is 0 Å². The first-order valence-electron chi connectivity index (χ1n) is 6.31. The van der Waals surface area contributed by atoms with Gasteiger partial charge >= 0.3 is 0 Å². The second-order valence-corrected chi connectivity index (χ2v) is 5.03. The molecular weight excluding hydrogens is 251 g/mol. The van der Waals surface area contributed by atoms with Gasteiger partial charge in [-0.1, -0.05) is 12.1 Å². The summed E-state index contributed by atoms with van der Waals surface area (Å²) in [6, 6.07) is 5.57. The zero-order valence-electron chi connectivity index (χ0n) is 11.1. The van der Waals surface area contributed by atoms with Crippen LogP contribution in [0.1, 0.15) is 17.5 Å². The van der Waals surface area contributed by atoms with E-state index < -0.39 is 0 Å². The molecule has 0 bridgehead atoms. The molecule has 0 spiro atoms. The number of rotatable bonds is 4. The molecule has 1 saturated heterocycles. The fraction of sp³-hybridized carbons (Fsp3) is 0.571. The van der Waals surface area contributed by atoms with Gasteiger partial charge in [-0.25, -0.2) is 4.39 Å². The highest BCUT2D eigenvalue weighted by Crippen LogP contribution is 2.19. The Hall–Kier alpha value is -0.640. The smallest absolute Gasteiger partial charge is 0.126 e. The minimum atomic E-state index is -0.0894. The molecule has 0 aromatic heterocycles. The second-order valence-electron chi connectivity index (χ2n) is 5.03. The van der Waals surface area contributed by atoms with Gasteiger partial charge < -0.3 is 5.32 Å². The van der Waals surface area contributed by atoms with Crippen molar-refractivity contribution in [3.05, 3.63) is 35.1 Å². The van der Waals surface area contributed by atoms with Gasteiger partial charge in [0.2, 0.25) is 0 Å². The Morgan fingerprint density at radius 1 is 1.44 bits per heavy atom. The highest BCUT2D eigenvalue weighted by atomic mass is 35.5. The first kappa shape index (κ1) is 15.4. The van der Waals surface area contributed by atoms with Gasteiger partial charge in [-0.3, -0.25) is 4.90 Å². The zero-order valence-corrected chi connectivity index (χ0v) is 11.9. The highest BCUT2D eigenvalue weighted by Gasteiger charge is 2.21. The van der Waals surface area contributed by atoms with Crippen molar-refractivity contribution in [3.63, 3.8) is 0 Å². The summed E-state index contributed by atoms with van der Waals surface area (Å²) in [5.74, 6) is 0.656. The summed E-state index contributed by atoms with van der Waals surface area (Å²) in [4.78, 5) is 2.41. The fourth-order valence-corrected chi connectivity index (χ4v) is 2.50. The van der Waals surface area contributed by atoms with Gasteiger partial charge in [-0.15, -0.1) is 12.4 Å². The number of nitrogens with one attached hydrogen (secondary N) is 1. The molecule has 1 aromatic rings. The zero-order chi connectivity index (χ0) is 12.3. The van der Waals surface area contributed by atoms with E-state index in [1.54, 1.807) is 13.0 Å². The Morgan fingerprint density at radius 2 is 2.22 bits per heavy atom. The predicted octanol–water partition coefficient (Wildman–Crippen LogP) is 2.60. The van der Waals surface area contributed by atoms with Crippen molar-refractivity contribution < 1.29 is 4.39 Å². The van der Waals surface area contributed by atoms with Crippen LogP contribution in [0.15, 0.2) is 18.2 Å². The van der Waals surface area contributed by atoms with E-state index in [9.17, 15) is 4.39 Å². The van der Waals surface area contributed by atoms with Crippen LogP contribution in [0.3, 0.4) is 0 Å². The minimum Gasteiger partial charge on any atom is -0.319 e. The van der Waals surface area contributed by atoms with Crippen LogP contribution < -0.4 is 5.32 Å². The lowest BCUT2D eigenvalue weighted by Gasteiger charge is -2.16. The van der Waals surface area contributed by atoms with Crippen molar-refractivity contribution in [2.24, 2.45) is 5.92 Å². The minimum absolute atomic E-state index is 0. The van der Waals surface area contributed by atoms with E-state index in [0.717, 1.165) is 43.2 Å². The first-order chi connectivity index (χ1) is 8.19. The van der Waals surface area contributed by atoms with E-state index in [2.05, 4.69) is 10.2 Å². The molecule has 102 valence electrons. The second kappa shape index (κ2) is 7.07. The summed E-state index contributed by atoms with van der Waals surface area (Å²) in [7, 11) is 2.00. The van der Waals surface area contributed by atoms with Crippen molar-refractivity contribution in [1.82, 2.24) is 10.2 Å². The van der Waals surface area contributed by atoms with Gasteiger partial charge in [0, 0.05) is 13.1 Å². The molecule has 1 fully saturated rings. The Morgan fingerprint density at radius 3 is 2.89 bits per heavy atom. The number of hydrogen-bond donors (Lipinski definition) is 1. The van der Waals surface area contributed by atoms with E-state index >= 15 is 0 Å². The average molecular weight is 273 g/mol. The van der Waals surface area contributed by atoms with Crippen LogP contribution >= 0.6 is 12.4 Å². The average Bonchev–Trinajstić information content (AvgIpc) is 2.72. The molecule has 0 radical (unpaired) electrons. The predicted molar refractivity (Wildman–Crippen MR) is 75.7 cm³/mol. The third-order valence-electron chi connectivity index (χ3n) is 3.51. The Balaban J connectivity index is 0.00000162. The third kappa shape index (κ3) is 3.94. The van der Waals surface area contributed by atoms with Crippen molar-refractivity contribution in [1.29, 1.82) is 0 Å². The van der Waals surface area contributed by atoms with Crippen molar-refractivity contribution in [3.8, 4) is 0 Å². The Kier molecular flexibility index (Phi) is 6.06. The number of hydrogen-bond acceptors (Lipinski definition) is 2. The molecule has 0 amide bonds. The molecule has 0 aliphatic carbocycles. The molecule has 2 nitrogen and oxygen atoms in total. The largest absolute Gasteiger partial charge is 0.319 e. The molecule has 1 heterocycles. The molecule has 0 saturated carbocycles. The molecule has 4 heteroatoms. The number of likely N-dealkylation sites (tertiary alicyclic amines) is 1. The van der Waals surface area contributed by atoms with Crippen LogP contribution in [0.4, 0.5) is 4.39 Å². The van der Waals surface area contributed by atoms with Crippen molar-refractivity contribution in [2.75, 3.05) is 26.7 Å². The van der Waals surface area contributed by atoms with Crippen LogP contribution in [0.2, 0.25) is 0 Å². The number of aryl methyl sites for hydroxylation is 1. The van der Waals surface area contributed by atoms with Crippen molar-refractivity contribution in [2.45, 2.75) is 19.9 Å². The summed E-state index contributed by atoms with van der Waals surface area (Å²) in [6.07, 6.45) is 1.25. The third-order valence-corrected chi connectivity index (χ3v) is 3.51. The molecule has 1 N–H and O–H groups in total. The monoisotopic (exact) mass is 272 g/mol. The summed E-state index contributed by atoms with van der Waals surface area (Å²) < 4.78 is 13.4. The summed E-state index contributed by atoms with van der Waals surface area (Å²) in [5, 5.41) is 3.22. The van der Waals surface area contributed by atoms with Crippen LogP contribution in [-0.2, 0) is 6.54 Å². The standard InChI is InChI=1S/C14H21FN2.ClH/c1-11-3-4-12(7-14(11)15)9-17-6-5-13(10-17)8-16-2;/h3-4,7,13,16H,5-6,8-10H2,1-2H3;1H. The van der Waals surface area contributed by atoms with Gasteiger partial charge in [-0.05, 0) is 56.6 Å². The van der Waals surface area contributed by atoms with E-state index in [-0.39, 0.29) is 18.2 Å². The lowest BCUT2D eigenvalue weighted by atomic mass is 10.1. The maximum atomic E-state index is 13.4. The van der Waals surface area contributed by atoms with Gasteiger partial charge in [0.25, 0.3) is 0 Å². The van der Waals surface area contributed by atoms with Crippen molar-refractivity contribution >= 4 is 12.4 Å². The van der Waals surface area contributed by atoms with Gasteiger partial charge in [0.1, 0.15) is 5.82 Å². The van der Waals surface area contributed by atoms with E-state index in [4.69, 9.17) is 0 Å².